The van der Waals surface area contributed by atoms with Crippen molar-refractivity contribution in [2.45, 2.75) is 13.0 Å². The minimum absolute atomic E-state index is 0.0176. The van der Waals surface area contributed by atoms with E-state index in [0.29, 0.717) is 36.6 Å². The van der Waals surface area contributed by atoms with Crippen LogP contribution in [-0.4, -0.2) is 25.0 Å². The zero-order valence-corrected chi connectivity index (χ0v) is 17.4. The molecule has 2 aromatic carbocycles. The van der Waals surface area contributed by atoms with Crippen molar-refractivity contribution >= 4 is 17.9 Å². The first kappa shape index (κ1) is 22.4. The Hall–Kier alpha value is -4.31. The van der Waals surface area contributed by atoms with Crippen molar-refractivity contribution in [3.63, 3.8) is 0 Å². The fraction of sp³-hybridized carbons (Fsp3) is 0.160. The third kappa shape index (κ3) is 7.18. The molecule has 0 fully saturated rings. The minimum atomic E-state index is -0.419. The molecule has 1 aromatic heterocycles. The molecule has 0 atom stereocenters. The van der Waals surface area contributed by atoms with Gasteiger partial charge in [-0.1, -0.05) is 42.5 Å². The third-order valence-corrected chi connectivity index (χ3v) is 4.51. The summed E-state index contributed by atoms with van der Waals surface area (Å²) >= 11 is 0. The maximum Gasteiger partial charge on any atom is 0.261 e. The molecule has 2 amide bonds. The second-order valence-corrected chi connectivity index (χ2v) is 6.88. The third-order valence-electron chi connectivity index (χ3n) is 4.51. The van der Waals surface area contributed by atoms with Gasteiger partial charge in [0.25, 0.3) is 11.8 Å². The van der Waals surface area contributed by atoms with Gasteiger partial charge in [0.05, 0.1) is 12.8 Å². The molecule has 7 nitrogen and oxygen atoms in total. The summed E-state index contributed by atoms with van der Waals surface area (Å²) < 4.78 is 10.6. The van der Waals surface area contributed by atoms with E-state index in [1.807, 2.05) is 36.4 Å². The lowest BCUT2D eigenvalue weighted by atomic mass is 10.1. The Morgan fingerprint density at radius 3 is 2.47 bits per heavy atom. The van der Waals surface area contributed by atoms with Crippen LogP contribution >= 0.6 is 0 Å². The fourth-order valence-electron chi connectivity index (χ4n) is 2.83. The number of hydrogen-bond donors (Lipinski definition) is 2. The number of furan rings is 1. The maximum absolute atomic E-state index is 12.3. The van der Waals surface area contributed by atoms with Crippen LogP contribution in [0.2, 0.25) is 0 Å². The molecule has 162 valence electrons. The van der Waals surface area contributed by atoms with Gasteiger partial charge in [-0.05, 0) is 47.9 Å². The summed E-state index contributed by atoms with van der Waals surface area (Å²) in [6.45, 7) is 0.600. The summed E-state index contributed by atoms with van der Waals surface area (Å²) in [5.74, 6) is 0.467. The van der Waals surface area contributed by atoms with E-state index in [-0.39, 0.29) is 18.1 Å². The molecule has 7 heteroatoms. The van der Waals surface area contributed by atoms with Gasteiger partial charge in [0.2, 0.25) is 0 Å². The molecule has 0 saturated carbocycles. The van der Waals surface area contributed by atoms with Gasteiger partial charge >= 0.3 is 0 Å². The van der Waals surface area contributed by atoms with E-state index >= 15 is 0 Å². The number of nitrogens with one attached hydrogen (secondary N) is 2. The van der Waals surface area contributed by atoms with Gasteiger partial charge in [0, 0.05) is 6.54 Å². The van der Waals surface area contributed by atoms with Crippen molar-refractivity contribution in [1.82, 2.24) is 10.6 Å². The first-order valence-corrected chi connectivity index (χ1v) is 10.1. The Labute approximate surface area is 186 Å². The van der Waals surface area contributed by atoms with Crippen molar-refractivity contribution in [2.75, 3.05) is 13.2 Å². The Kier molecular flexibility index (Phi) is 8.23. The smallest absolute Gasteiger partial charge is 0.261 e. The number of hydrogen-bond acceptors (Lipinski definition) is 5. The zero-order valence-electron chi connectivity index (χ0n) is 17.4. The van der Waals surface area contributed by atoms with Gasteiger partial charge in [0.15, 0.2) is 6.61 Å². The number of ether oxygens (including phenoxy) is 1. The largest absolute Gasteiger partial charge is 0.484 e. The summed E-state index contributed by atoms with van der Waals surface area (Å²) in [6, 6.07) is 22.0. The van der Waals surface area contributed by atoms with Crippen LogP contribution in [0.15, 0.2) is 83.0 Å². The van der Waals surface area contributed by atoms with Crippen molar-refractivity contribution < 1.29 is 18.7 Å². The lowest BCUT2D eigenvalue weighted by Crippen LogP contribution is -2.28. The van der Waals surface area contributed by atoms with Gasteiger partial charge < -0.3 is 19.8 Å². The number of nitriles is 1. The van der Waals surface area contributed by atoms with E-state index in [1.165, 1.54) is 6.08 Å². The van der Waals surface area contributed by atoms with Gasteiger partial charge in [-0.3, -0.25) is 9.59 Å². The normalized spacial score (nSPS) is 10.8. The van der Waals surface area contributed by atoms with Gasteiger partial charge in [-0.25, -0.2) is 0 Å². The van der Waals surface area contributed by atoms with Crippen LogP contribution in [0.5, 0.6) is 5.75 Å². The lowest BCUT2D eigenvalue weighted by molar-refractivity contribution is -0.123. The molecule has 2 N–H and O–H groups in total. The van der Waals surface area contributed by atoms with E-state index in [4.69, 9.17) is 9.15 Å². The number of benzene rings is 2. The van der Waals surface area contributed by atoms with Gasteiger partial charge in [-0.15, -0.1) is 0 Å². The fourth-order valence-corrected chi connectivity index (χ4v) is 2.83. The van der Waals surface area contributed by atoms with Crippen LogP contribution in [0.4, 0.5) is 0 Å². The van der Waals surface area contributed by atoms with E-state index in [1.54, 1.807) is 42.7 Å². The summed E-state index contributed by atoms with van der Waals surface area (Å²) in [4.78, 5) is 24.1. The van der Waals surface area contributed by atoms with E-state index in [9.17, 15) is 14.9 Å². The number of carbonyl (C=O) groups excluding carboxylic acids is 2. The molecule has 0 radical (unpaired) electrons. The molecular weight excluding hydrogens is 406 g/mol. The quantitative estimate of drug-likeness (QED) is 0.380. The van der Waals surface area contributed by atoms with Crippen molar-refractivity contribution in [3.05, 3.63) is 95.5 Å². The predicted molar refractivity (Wildman–Crippen MR) is 119 cm³/mol. The second kappa shape index (κ2) is 11.8. The van der Waals surface area contributed by atoms with Crippen molar-refractivity contribution in [1.29, 1.82) is 5.26 Å². The number of amides is 2. The standard InChI is InChI=1S/C25H23N3O4/c26-16-21(25(30)27-13-12-19-5-2-1-3-6-19)15-20-8-10-22(11-9-20)32-18-24(29)28-17-23-7-4-14-31-23/h1-11,14-15H,12-13,17-18H2,(H,27,30)(H,28,29)/b21-15+. The molecule has 0 aliphatic heterocycles. The highest BCUT2D eigenvalue weighted by molar-refractivity contribution is 6.01. The van der Waals surface area contributed by atoms with Crippen molar-refractivity contribution in [2.24, 2.45) is 0 Å². The monoisotopic (exact) mass is 429 g/mol. The van der Waals surface area contributed by atoms with E-state index in [0.717, 1.165) is 5.56 Å². The van der Waals surface area contributed by atoms with E-state index < -0.39 is 5.91 Å². The molecule has 32 heavy (non-hydrogen) atoms. The second-order valence-electron chi connectivity index (χ2n) is 6.88. The highest BCUT2D eigenvalue weighted by Gasteiger charge is 2.09. The number of rotatable bonds is 10. The highest BCUT2D eigenvalue weighted by Crippen LogP contribution is 2.15. The highest BCUT2D eigenvalue weighted by atomic mass is 16.5. The lowest BCUT2D eigenvalue weighted by Gasteiger charge is -2.07. The minimum Gasteiger partial charge on any atom is -0.484 e. The molecule has 0 saturated heterocycles. The van der Waals surface area contributed by atoms with Gasteiger partial charge in [-0.2, -0.15) is 5.26 Å². The summed E-state index contributed by atoms with van der Waals surface area (Å²) in [6.07, 6.45) is 3.74. The van der Waals surface area contributed by atoms with E-state index in [2.05, 4.69) is 10.6 Å². The topological polar surface area (TPSA) is 104 Å². The average Bonchev–Trinajstić information content (AvgIpc) is 3.35. The molecule has 0 unspecified atom stereocenters. The molecule has 0 aliphatic rings. The van der Waals surface area contributed by atoms with Crippen LogP contribution < -0.4 is 15.4 Å². The first-order chi connectivity index (χ1) is 15.6. The molecule has 1 heterocycles. The Morgan fingerprint density at radius 2 is 1.78 bits per heavy atom. The first-order valence-electron chi connectivity index (χ1n) is 10.1. The molecule has 3 rings (SSSR count). The summed E-state index contributed by atoms with van der Waals surface area (Å²) in [5, 5.41) is 14.8. The zero-order chi connectivity index (χ0) is 22.6. The Balaban J connectivity index is 1.46. The predicted octanol–water partition coefficient (Wildman–Crippen LogP) is 3.24. The molecule has 0 aliphatic carbocycles. The molecular formula is C25H23N3O4. The Morgan fingerprint density at radius 1 is 1.00 bits per heavy atom. The van der Waals surface area contributed by atoms with Crippen LogP contribution in [0.1, 0.15) is 16.9 Å². The number of carbonyl (C=O) groups is 2. The summed E-state index contributed by atoms with van der Waals surface area (Å²) in [7, 11) is 0. The maximum atomic E-state index is 12.3. The number of nitrogens with zero attached hydrogens (tertiary/aromatic N) is 1. The Bertz CT molecular complexity index is 1080. The molecule has 3 aromatic rings. The summed E-state index contributed by atoms with van der Waals surface area (Å²) in [5.41, 5.74) is 1.80. The van der Waals surface area contributed by atoms with Crippen LogP contribution in [0.25, 0.3) is 6.08 Å². The van der Waals surface area contributed by atoms with Crippen LogP contribution in [-0.2, 0) is 22.6 Å². The van der Waals surface area contributed by atoms with Crippen LogP contribution in [0.3, 0.4) is 0 Å². The van der Waals surface area contributed by atoms with Crippen molar-refractivity contribution in [3.8, 4) is 11.8 Å². The average molecular weight is 429 g/mol. The van der Waals surface area contributed by atoms with Crippen LogP contribution in [0, 0.1) is 11.3 Å². The van der Waals surface area contributed by atoms with Gasteiger partial charge in [0.1, 0.15) is 23.2 Å². The molecule has 0 spiro atoms. The SMILES string of the molecule is N#C/C(=C\c1ccc(OCC(=O)NCc2ccco2)cc1)C(=O)NCCc1ccccc1. The molecule has 0 bridgehead atoms.